The number of piperazine rings is 1. The Kier molecular flexibility index (Phi) is 4.95. The minimum Gasteiger partial charge on any atom is -0.335 e. The molecule has 2 rings (SSSR count). The number of carbonyl (C=O) groups is 1. The van der Waals surface area contributed by atoms with Crippen LogP contribution < -0.4 is 0 Å². The highest BCUT2D eigenvalue weighted by Gasteiger charge is 2.29. The van der Waals surface area contributed by atoms with Gasteiger partial charge in [0.2, 0.25) is 10.0 Å². The molecule has 0 radical (unpaired) electrons. The maximum Gasteiger partial charge on any atom is 0.272 e. The second kappa shape index (κ2) is 6.53. The molecule has 1 fully saturated rings. The smallest absolute Gasteiger partial charge is 0.272 e. The number of aromatic nitrogens is 1. The number of sulfonamides is 1. The highest BCUT2D eigenvalue weighted by atomic mass is 32.2. The van der Waals surface area contributed by atoms with Gasteiger partial charge in [0.25, 0.3) is 5.91 Å². The Hall–Kier alpha value is -1.47. The van der Waals surface area contributed by atoms with Crippen LogP contribution in [0.2, 0.25) is 0 Å². The van der Waals surface area contributed by atoms with E-state index in [0.717, 1.165) is 12.0 Å². The quantitative estimate of drug-likeness (QED) is 0.823. The van der Waals surface area contributed by atoms with E-state index in [-0.39, 0.29) is 11.7 Å². The van der Waals surface area contributed by atoms with Crippen molar-refractivity contribution in [1.82, 2.24) is 14.2 Å². The van der Waals surface area contributed by atoms with Crippen LogP contribution in [0.5, 0.6) is 0 Å². The minimum absolute atomic E-state index is 0.0984. The van der Waals surface area contributed by atoms with Crippen molar-refractivity contribution in [2.24, 2.45) is 0 Å². The van der Waals surface area contributed by atoms with Gasteiger partial charge in [-0.05, 0) is 25.0 Å². The predicted octanol–water partition coefficient (Wildman–Crippen LogP) is 0.751. The molecule has 21 heavy (non-hydrogen) atoms. The van der Waals surface area contributed by atoms with Crippen molar-refractivity contribution >= 4 is 15.9 Å². The SMILES string of the molecule is CCc1cccnc1C(=O)N1CCN(S(=O)(=O)CC)CC1. The van der Waals surface area contributed by atoms with E-state index in [1.165, 1.54) is 4.31 Å². The van der Waals surface area contributed by atoms with Gasteiger partial charge in [-0.2, -0.15) is 4.31 Å². The first-order chi connectivity index (χ1) is 9.99. The van der Waals surface area contributed by atoms with Gasteiger partial charge in [0, 0.05) is 32.4 Å². The molecule has 0 unspecified atom stereocenters. The zero-order chi connectivity index (χ0) is 15.5. The summed E-state index contributed by atoms with van der Waals surface area (Å²) < 4.78 is 25.1. The molecule has 1 aromatic heterocycles. The van der Waals surface area contributed by atoms with E-state index in [4.69, 9.17) is 0 Å². The lowest BCUT2D eigenvalue weighted by molar-refractivity contribution is 0.0691. The average Bonchev–Trinajstić information content (AvgIpc) is 2.54. The summed E-state index contributed by atoms with van der Waals surface area (Å²) in [4.78, 5) is 18.4. The molecule has 1 amide bonds. The van der Waals surface area contributed by atoms with E-state index >= 15 is 0 Å². The molecule has 0 aromatic carbocycles. The molecule has 1 aliphatic heterocycles. The number of aryl methyl sites for hydroxylation is 1. The van der Waals surface area contributed by atoms with Gasteiger partial charge in [-0.25, -0.2) is 8.42 Å². The third-order valence-corrected chi connectivity index (χ3v) is 5.64. The predicted molar refractivity (Wildman–Crippen MR) is 80.6 cm³/mol. The van der Waals surface area contributed by atoms with Crippen molar-refractivity contribution in [2.75, 3.05) is 31.9 Å². The molecule has 2 heterocycles. The Balaban J connectivity index is 2.07. The van der Waals surface area contributed by atoms with E-state index in [0.29, 0.717) is 31.9 Å². The van der Waals surface area contributed by atoms with Crippen LogP contribution in [-0.2, 0) is 16.4 Å². The van der Waals surface area contributed by atoms with Crippen LogP contribution in [0, 0.1) is 0 Å². The standard InChI is InChI=1S/C14H21N3O3S/c1-3-12-6-5-7-15-13(12)14(18)16-8-10-17(11-9-16)21(19,20)4-2/h5-7H,3-4,8-11H2,1-2H3. The third kappa shape index (κ3) is 3.41. The van der Waals surface area contributed by atoms with E-state index in [1.807, 2.05) is 19.1 Å². The first-order valence-corrected chi connectivity index (χ1v) is 8.81. The molecule has 7 heteroatoms. The molecule has 0 saturated carbocycles. The Morgan fingerprint density at radius 2 is 1.90 bits per heavy atom. The lowest BCUT2D eigenvalue weighted by Gasteiger charge is -2.33. The molecule has 0 atom stereocenters. The molecule has 1 aliphatic rings. The first-order valence-electron chi connectivity index (χ1n) is 7.20. The molecular formula is C14H21N3O3S. The second-order valence-corrected chi connectivity index (χ2v) is 7.21. The molecule has 0 spiro atoms. The van der Waals surface area contributed by atoms with Crippen LogP contribution in [-0.4, -0.2) is 60.4 Å². The lowest BCUT2D eigenvalue weighted by Crippen LogP contribution is -2.51. The highest BCUT2D eigenvalue weighted by molar-refractivity contribution is 7.89. The third-order valence-electron chi connectivity index (χ3n) is 3.76. The maximum atomic E-state index is 12.5. The van der Waals surface area contributed by atoms with Crippen molar-refractivity contribution in [1.29, 1.82) is 0 Å². The highest BCUT2D eigenvalue weighted by Crippen LogP contribution is 2.13. The number of nitrogens with zero attached hydrogens (tertiary/aromatic N) is 3. The molecule has 1 aromatic rings. The Morgan fingerprint density at radius 1 is 1.24 bits per heavy atom. The Morgan fingerprint density at radius 3 is 2.48 bits per heavy atom. The van der Waals surface area contributed by atoms with Crippen molar-refractivity contribution in [3.8, 4) is 0 Å². The number of pyridine rings is 1. The molecule has 116 valence electrons. The minimum atomic E-state index is -3.17. The summed E-state index contributed by atoms with van der Waals surface area (Å²) in [5.41, 5.74) is 1.40. The first kappa shape index (κ1) is 15.9. The van der Waals surface area contributed by atoms with E-state index in [1.54, 1.807) is 18.0 Å². The molecule has 1 saturated heterocycles. The van der Waals surface area contributed by atoms with E-state index in [2.05, 4.69) is 4.98 Å². The van der Waals surface area contributed by atoms with Crippen LogP contribution in [0.4, 0.5) is 0 Å². The van der Waals surface area contributed by atoms with Gasteiger partial charge in [-0.1, -0.05) is 13.0 Å². The maximum absolute atomic E-state index is 12.5. The fourth-order valence-electron chi connectivity index (χ4n) is 2.42. The van der Waals surface area contributed by atoms with Crippen LogP contribution >= 0.6 is 0 Å². The largest absolute Gasteiger partial charge is 0.335 e. The molecule has 0 N–H and O–H groups in total. The van der Waals surface area contributed by atoms with Gasteiger partial charge >= 0.3 is 0 Å². The topological polar surface area (TPSA) is 70.6 Å². The monoisotopic (exact) mass is 311 g/mol. The van der Waals surface area contributed by atoms with E-state index < -0.39 is 10.0 Å². The normalized spacial score (nSPS) is 17.0. The molecular weight excluding hydrogens is 290 g/mol. The summed E-state index contributed by atoms with van der Waals surface area (Å²) in [6, 6.07) is 3.72. The number of carbonyl (C=O) groups excluding carboxylic acids is 1. The number of rotatable bonds is 4. The van der Waals surface area contributed by atoms with Crippen LogP contribution in [0.1, 0.15) is 29.9 Å². The van der Waals surface area contributed by atoms with Gasteiger partial charge in [-0.3, -0.25) is 9.78 Å². The second-order valence-electron chi connectivity index (χ2n) is 4.96. The number of hydrogen-bond donors (Lipinski definition) is 0. The van der Waals surface area contributed by atoms with Gasteiger partial charge < -0.3 is 4.90 Å². The lowest BCUT2D eigenvalue weighted by atomic mass is 10.1. The summed E-state index contributed by atoms with van der Waals surface area (Å²) in [7, 11) is -3.17. The Bertz CT molecular complexity index is 608. The van der Waals surface area contributed by atoms with Crippen LogP contribution in [0.15, 0.2) is 18.3 Å². The van der Waals surface area contributed by atoms with Crippen molar-refractivity contribution in [2.45, 2.75) is 20.3 Å². The summed E-state index contributed by atoms with van der Waals surface area (Å²) in [5.74, 6) is -0.0118. The van der Waals surface area contributed by atoms with Crippen molar-refractivity contribution in [3.63, 3.8) is 0 Å². The molecule has 6 nitrogen and oxygen atoms in total. The molecule has 0 aliphatic carbocycles. The van der Waals surface area contributed by atoms with Gasteiger partial charge in [-0.15, -0.1) is 0 Å². The van der Waals surface area contributed by atoms with Crippen LogP contribution in [0.3, 0.4) is 0 Å². The Labute approximate surface area is 125 Å². The van der Waals surface area contributed by atoms with Crippen molar-refractivity contribution in [3.05, 3.63) is 29.6 Å². The summed E-state index contributed by atoms with van der Waals surface area (Å²) in [6.45, 7) is 5.16. The van der Waals surface area contributed by atoms with Crippen LogP contribution in [0.25, 0.3) is 0 Å². The van der Waals surface area contributed by atoms with Crippen molar-refractivity contribution < 1.29 is 13.2 Å². The number of hydrogen-bond acceptors (Lipinski definition) is 4. The van der Waals surface area contributed by atoms with E-state index in [9.17, 15) is 13.2 Å². The fraction of sp³-hybridized carbons (Fsp3) is 0.571. The molecule has 0 bridgehead atoms. The summed E-state index contributed by atoms with van der Waals surface area (Å²) in [6.07, 6.45) is 2.36. The van der Waals surface area contributed by atoms with Gasteiger partial charge in [0.15, 0.2) is 0 Å². The summed E-state index contributed by atoms with van der Waals surface area (Å²) in [5, 5.41) is 0. The number of amides is 1. The summed E-state index contributed by atoms with van der Waals surface area (Å²) >= 11 is 0. The average molecular weight is 311 g/mol. The van der Waals surface area contributed by atoms with Gasteiger partial charge in [0.05, 0.1) is 5.75 Å². The van der Waals surface area contributed by atoms with Gasteiger partial charge in [0.1, 0.15) is 5.69 Å². The zero-order valence-electron chi connectivity index (χ0n) is 12.4. The fourth-order valence-corrected chi connectivity index (χ4v) is 3.50. The zero-order valence-corrected chi connectivity index (χ0v) is 13.3.